The van der Waals surface area contributed by atoms with Crippen LogP contribution in [0.1, 0.15) is 58.3 Å². The van der Waals surface area contributed by atoms with Crippen LogP contribution in [0.4, 0.5) is 0 Å². The Hall–Kier alpha value is -4.63. The molecular formula is C36H36N4O5. The summed E-state index contributed by atoms with van der Waals surface area (Å²) >= 11 is 0. The van der Waals surface area contributed by atoms with Gasteiger partial charge in [-0.2, -0.15) is 9.78 Å². The van der Waals surface area contributed by atoms with Crippen LogP contribution in [0, 0.1) is 12.3 Å². The van der Waals surface area contributed by atoms with Crippen molar-refractivity contribution in [2.45, 2.75) is 64.4 Å². The molecule has 3 unspecified atom stereocenters. The molecule has 2 aliphatic heterocycles. The van der Waals surface area contributed by atoms with Crippen molar-refractivity contribution in [1.29, 1.82) is 0 Å². The molecule has 2 aliphatic carbocycles. The third-order valence-electron chi connectivity index (χ3n) is 10.2. The number of carbonyl (C=O) groups is 1. The Morgan fingerprint density at radius 1 is 1.11 bits per heavy atom. The van der Waals surface area contributed by atoms with E-state index < -0.39 is 5.97 Å². The number of aryl methyl sites for hydroxylation is 1. The smallest absolute Gasteiger partial charge is 0.342 e. The molecule has 1 N–H and O–H groups in total. The van der Waals surface area contributed by atoms with Crippen LogP contribution in [0.2, 0.25) is 0 Å². The van der Waals surface area contributed by atoms with E-state index in [2.05, 4.69) is 34.3 Å². The number of rotatable bonds is 8. The Bertz CT molecular complexity index is 1850. The quantitative estimate of drug-likeness (QED) is 0.257. The van der Waals surface area contributed by atoms with Crippen LogP contribution in [0.25, 0.3) is 17.1 Å². The molecule has 4 heterocycles. The van der Waals surface area contributed by atoms with E-state index >= 15 is 0 Å². The Balaban J connectivity index is 0.990. The van der Waals surface area contributed by atoms with Gasteiger partial charge in [0, 0.05) is 29.8 Å². The average molecular weight is 605 g/mol. The van der Waals surface area contributed by atoms with Crippen molar-refractivity contribution in [1.82, 2.24) is 19.7 Å². The predicted molar refractivity (Wildman–Crippen MR) is 168 cm³/mol. The molecule has 1 saturated heterocycles. The first-order valence-corrected chi connectivity index (χ1v) is 15.7. The molecule has 2 fully saturated rings. The minimum absolute atomic E-state index is 0.0269. The van der Waals surface area contributed by atoms with Crippen LogP contribution in [0.3, 0.4) is 0 Å². The first-order valence-electron chi connectivity index (χ1n) is 15.7. The zero-order valence-electron chi connectivity index (χ0n) is 25.5. The van der Waals surface area contributed by atoms with Crippen molar-refractivity contribution in [3.63, 3.8) is 0 Å². The molecule has 4 aromatic rings. The SMILES string of the molecule is COc1c(C(=O)O)cnn1-c1cccc(-c2cccc(C)c2OCc2ccc3c(c2)CCN(C2=CC4OC5CCC45CC2)C3)n1. The normalized spacial score (nSPS) is 23.1. The number of carboxylic acids is 1. The van der Waals surface area contributed by atoms with E-state index in [0.29, 0.717) is 35.7 Å². The standard InChI is InChI=1S/C36H36N4O5/c1-22-5-3-6-27(29-7-4-8-32(38-29)40-34(43-2)28(19-37-40)35(41)42)33(22)44-21-23-9-10-25-20-39(16-13-24(25)17-23)26-11-14-36-15-12-30(36)45-31(36)18-26/h3-10,17-19,30-31H,11-16,20-21H2,1-2H3,(H,41,42). The summed E-state index contributed by atoms with van der Waals surface area (Å²) in [4.78, 5) is 19.0. The summed E-state index contributed by atoms with van der Waals surface area (Å²) in [5.74, 6) is 0.215. The number of nitrogens with zero attached hydrogens (tertiary/aromatic N) is 4. The molecule has 2 aromatic heterocycles. The lowest BCUT2D eigenvalue weighted by Gasteiger charge is -2.64. The van der Waals surface area contributed by atoms with Crippen LogP contribution in [-0.4, -0.2) is 56.6 Å². The summed E-state index contributed by atoms with van der Waals surface area (Å²) in [6, 6.07) is 18.3. The summed E-state index contributed by atoms with van der Waals surface area (Å²) in [6.45, 7) is 4.45. The Kier molecular flexibility index (Phi) is 6.67. The van der Waals surface area contributed by atoms with E-state index in [-0.39, 0.29) is 11.4 Å². The molecule has 8 rings (SSSR count). The van der Waals surface area contributed by atoms with Gasteiger partial charge in [-0.25, -0.2) is 9.78 Å². The van der Waals surface area contributed by atoms with Gasteiger partial charge in [0.25, 0.3) is 0 Å². The number of carboxylic acid groups (broad SMARTS) is 1. The van der Waals surface area contributed by atoms with Gasteiger partial charge in [0.1, 0.15) is 17.9 Å². The third-order valence-corrected chi connectivity index (χ3v) is 10.2. The molecule has 230 valence electrons. The molecule has 3 atom stereocenters. The first kappa shape index (κ1) is 27.9. The second-order valence-corrected chi connectivity index (χ2v) is 12.7. The average Bonchev–Trinajstić information content (AvgIpc) is 3.50. The van der Waals surface area contributed by atoms with Gasteiger partial charge in [-0.3, -0.25) is 0 Å². The number of methoxy groups -OCH3 is 1. The van der Waals surface area contributed by atoms with Gasteiger partial charge in [-0.15, -0.1) is 0 Å². The second kappa shape index (κ2) is 10.8. The largest absolute Gasteiger partial charge is 0.488 e. The first-order chi connectivity index (χ1) is 21.9. The van der Waals surface area contributed by atoms with E-state index in [1.54, 1.807) is 6.07 Å². The fourth-order valence-corrected chi connectivity index (χ4v) is 7.60. The number of allylic oxidation sites excluding steroid dienone is 1. The summed E-state index contributed by atoms with van der Waals surface area (Å²) in [5.41, 5.74) is 8.37. The van der Waals surface area contributed by atoms with Gasteiger partial charge in [-0.1, -0.05) is 36.4 Å². The van der Waals surface area contributed by atoms with Crippen LogP contribution in [-0.2, 0) is 24.3 Å². The van der Waals surface area contributed by atoms with Crippen LogP contribution < -0.4 is 9.47 Å². The Morgan fingerprint density at radius 2 is 2.00 bits per heavy atom. The van der Waals surface area contributed by atoms with Gasteiger partial charge in [-0.05, 0) is 85.6 Å². The molecule has 0 radical (unpaired) electrons. The molecule has 1 saturated carbocycles. The van der Waals surface area contributed by atoms with E-state index in [4.69, 9.17) is 19.2 Å². The minimum atomic E-state index is -1.11. The van der Waals surface area contributed by atoms with Crippen molar-refractivity contribution in [3.8, 4) is 28.7 Å². The number of pyridine rings is 1. The molecule has 4 aliphatic rings. The monoisotopic (exact) mass is 604 g/mol. The number of benzene rings is 2. The molecule has 0 amide bonds. The fourth-order valence-electron chi connectivity index (χ4n) is 7.60. The van der Waals surface area contributed by atoms with Gasteiger partial charge >= 0.3 is 5.97 Å². The molecule has 9 heteroatoms. The van der Waals surface area contributed by atoms with Crippen LogP contribution >= 0.6 is 0 Å². The number of hydrogen-bond acceptors (Lipinski definition) is 7. The Morgan fingerprint density at radius 3 is 2.78 bits per heavy atom. The number of aromatic nitrogens is 3. The lowest BCUT2D eigenvalue weighted by atomic mass is 9.54. The zero-order chi connectivity index (χ0) is 30.7. The zero-order valence-corrected chi connectivity index (χ0v) is 25.5. The van der Waals surface area contributed by atoms with E-state index in [0.717, 1.165) is 42.0 Å². The lowest BCUT2D eigenvalue weighted by Crippen LogP contribution is -2.66. The molecule has 1 spiro atoms. The van der Waals surface area contributed by atoms with E-state index in [1.807, 2.05) is 37.3 Å². The second-order valence-electron chi connectivity index (χ2n) is 12.7. The van der Waals surface area contributed by atoms with E-state index in [9.17, 15) is 9.90 Å². The topological polar surface area (TPSA) is 98.9 Å². The van der Waals surface area contributed by atoms with Crippen molar-refractivity contribution in [2.75, 3.05) is 13.7 Å². The van der Waals surface area contributed by atoms with Crippen LogP contribution in [0.15, 0.2) is 72.6 Å². The highest BCUT2D eigenvalue weighted by Gasteiger charge is 2.62. The summed E-state index contributed by atoms with van der Waals surface area (Å²) < 4.78 is 19.4. The predicted octanol–water partition coefficient (Wildman–Crippen LogP) is 6.11. The molecule has 2 aromatic carbocycles. The highest BCUT2D eigenvalue weighted by atomic mass is 16.5. The van der Waals surface area contributed by atoms with Gasteiger partial charge in [0.15, 0.2) is 5.82 Å². The minimum Gasteiger partial charge on any atom is -0.488 e. The van der Waals surface area contributed by atoms with Crippen LogP contribution in [0.5, 0.6) is 11.6 Å². The van der Waals surface area contributed by atoms with Gasteiger partial charge < -0.3 is 24.2 Å². The third kappa shape index (κ3) is 4.60. The number of aromatic carboxylic acids is 1. The van der Waals surface area contributed by atoms with Crippen molar-refractivity contribution < 1.29 is 24.1 Å². The maximum Gasteiger partial charge on any atom is 0.342 e. The van der Waals surface area contributed by atoms with Crippen molar-refractivity contribution in [3.05, 3.63) is 100 Å². The fraction of sp³-hybridized carbons (Fsp3) is 0.361. The highest BCUT2D eigenvalue weighted by molar-refractivity contribution is 5.90. The summed E-state index contributed by atoms with van der Waals surface area (Å²) in [6.07, 6.45) is 10.6. The summed E-state index contributed by atoms with van der Waals surface area (Å²) in [5, 5.41) is 13.7. The molecule has 9 nitrogen and oxygen atoms in total. The molecule has 45 heavy (non-hydrogen) atoms. The maximum atomic E-state index is 11.6. The highest BCUT2D eigenvalue weighted by Crippen LogP contribution is 2.61. The number of ether oxygens (including phenoxy) is 3. The number of hydrogen-bond donors (Lipinski definition) is 1. The van der Waals surface area contributed by atoms with Gasteiger partial charge in [0.05, 0.1) is 31.2 Å². The summed E-state index contributed by atoms with van der Waals surface area (Å²) in [7, 11) is 1.42. The Labute approximate surface area is 262 Å². The van der Waals surface area contributed by atoms with E-state index in [1.165, 1.54) is 60.5 Å². The lowest BCUT2D eigenvalue weighted by molar-refractivity contribution is -0.293. The number of fused-ring (bicyclic) bond motifs is 1. The maximum absolute atomic E-state index is 11.6. The van der Waals surface area contributed by atoms with Gasteiger partial charge in [0.2, 0.25) is 5.88 Å². The molecule has 0 bridgehead atoms. The molecular weight excluding hydrogens is 568 g/mol. The van der Waals surface area contributed by atoms with Crippen molar-refractivity contribution in [2.24, 2.45) is 5.41 Å². The number of para-hydroxylation sites is 1. The van der Waals surface area contributed by atoms with Crippen molar-refractivity contribution >= 4 is 5.97 Å².